The topological polar surface area (TPSA) is 35.9 Å². The van der Waals surface area contributed by atoms with Crippen LogP contribution in [0.2, 0.25) is 0 Å². The molecule has 2 fully saturated rings. The van der Waals surface area contributed by atoms with Gasteiger partial charge in [-0.05, 0) is 49.7 Å². The highest BCUT2D eigenvalue weighted by Crippen LogP contribution is 2.41. The quantitative estimate of drug-likeness (QED) is 0.782. The zero-order valence-corrected chi connectivity index (χ0v) is 17.6. The number of hydrogen-bond donors (Lipinski definition) is 1. The fourth-order valence-electron chi connectivity index (χ4n) is 4.78. The molecule has 2 aromatic carbocycles. The van der Waals surface area contributed by atoms with Crippen molar-refractivity contribution in [1.29, 1.82) is 0 Å². The lowest BCUT2D eigenvalue weighted by atomic mass is 9.72. The first kappa shape index (κ1) is 20.4. The van der Waals surface area contributed by atoms with E-state index >= 15 is 0 Å². The second-order valence-electron chi connectivity index (χ2n) is 8.80. The maximum absolute atomic E-state index is 11.6. The molecule has 0 radical (unpaired) electrons. The summed E-state index contributed by atoms with van der Waals surface area (Å²) in [6, 6.07) is 18.3. The molecule has 2 aliphatic rings. The van der Waals surface area contributed by atoms with Gasteiger partial charge in [-0.2, -0.15) is 0 Å². The van der Waals surface area contributed by atoms with Crippen molar-refractivity contribution < 1.29 is 9.84 Å². The Hall–Kier alpha value is -1.88. The van der Waals surface area contributed by atoms with Gasteiger partial charge in [0.1, 0.15) is 11.5 Å². The minimum absolute atomic E-state index is 0.150. The van der Waals surface area contributed by atoms with Gasteiger partial charge >= 0.3 is 0 Å². The number of piperazine rings is 1. The number of benzene rings is 2. The molecule has 0 bridgehead atoms. The molecule has 1 aliphatic carbocycles. The molecule has 1 unspecified atom stereocenters. The van der Waals surface area contributed by atoms with Crippen LogP contribution in [0.5, 0.6) is 11.5 Å². The molecule has 0 aromatic heterocycles. The van der Waals surface area contributed by atoms with Crippen molar-refractivity contribution in [2.24, 2.45) is 0 Å². The Morgan fingerprint density at radius 1 is 0.862 bits per heavy atom. The summed E-state index contributed by atoms with van der Waals surface area (Å²) in [4.78, 5) is 4.92. The van der Waals surface area contributed by atoms with Crippen molar-refractivity contribution in [3.8, 4) is 11.5 Å². The number of hydrogen-bond acceptors (Lipinski definition) is 4. The third kappa shape index (κ3) is 5.19. The lowest BCUT2D eigenvalue weighted by molar-refractivity contribution is -0.0337. The maximum atomic E-state index is 11.6. The first-order valence-electron chi connectivity index (χ1n) is 11.1. The van der Waals surface area contributed by atoms with Crippen LogP contribution in [0.3, 0.4) is 0 Å². The van der Waals surface area contributed by atoms with Crippen molar-refractivity contribution in [3.63, 3.8) is 0 Å². The fourth-order valence-corrected chi connectivity index (χ4v) is 4.78. The van der Waals surface area contributed by atoms with E-state index in [2.05, 4.69) is 29.0 Å². The second-order valence-corrected chi connectivity index (χ2v) is 8.80. The highest BCUT2D eigenvalue weighted by molar-refractivity contribution is 5.35. The molecule has 1 heterocycles. The van der Waals surface area contributed by atoms with Gasteiger partial charge in [0, 0.05) is 38.6 Å². The lowest BCUT2D eigenvalue weighted by Gasteiger charge is -2.43. The van der Waals surface area contributed by atoms with Crippen LogP contribution in [0.15, 0.2) is 54.6 Å². The molecular formula is C25H34N2O2. The molecule has 1 N–H and O–H groups in total. The summed E-state index contributed by atoms with van der Waals surface area (Å²) in [7, 11) is 2.19. The van der Waals surface area contributed by atoms with E-state index in [4.69, 9.17) is 4.74 Å². The Morgan fingerprint density at radius 2 is 1.48 bits per heavy atom. The van der Waals surface area contributed by atoms with E-state index in [-0.39, 0.29) is 5.92 Å². The fraction of sp³-hybridized carbons (Fsp3) is 0.520. The van der Waals surface area contributed by atoms with Crippen LogP contribution in [0.4, 0.5) is 0 Å². The first-order valence-corrected chi connectivity index (χ1v) is 11.1. The predicted octanol–water partition coefficient (Wildman–Crippen LogP) is 4.51. The molecule has 1 atom stereocenters. The molecule has 0 amide bonds. The Labute approximate surface area is 175 Å². The second kappa shape index (κ2) is 9.29. The largest absolute Gasteiger partial charge is 0.457 e. The van der Waals surface area contributed by atoms with Gasteiger partial charge in [0.2, 0.25) is 0 Å². The minimum Gasteiger partial charge on any atom is -0.457 e. The summed E-state index contributed by atoms with van der Waals surface area (Å²) in [5.74, 6) is 1.84. The number of likely N-dealkylation sites (N-methyl/N-ethyl adjacent to an activating group) is 1. The number of aliphatic hydroxyl groups is 1. The molecular weight excluding hydrogens is 360 g/mol. The molecule has 4 heteroatoms. The first-order chi connectivity index (χ1) is 14.1. The molecule has 2 aromatic rings. The summed E-state index contributed by atoms with van der Waals surface area (Å²) in [6.07, 6.45) is 5.32. The van der Waals surface area contributed by atoms with E-state index in [0.29, 0.717) is 0 Å². The van der Waals surface area contributed by atoms with Gasteiger partial charge in [-0.15, -0.1) is 0 Å². The van der Waals surface area contributed by atoms with Gasteiger partial charge < -0.3 is 19.6 Å². The number of ether oxygens (including phenoxy) is 1. The minimum atomic E-state index is -0.594. The molecule has 0 spiro atoms. The third-order valence-electron chi connectivity index (χ3n) is 6.67. The van der Waals surface area contributed by atoms with Crippen LogP contribution in [0, 0.1) is 0 Å². The van der Waals surface area contributed by atoms with Gasteiger partial charge in [-0.3, -0.25) is 0 Å². The van der Waals surface area contributed by atoms with E-state index in [1.807, 2.05) is 42.5 Å². The molecule has 4 rings (SSSR count). The van der Waals surface area contributed by atoms with Crippen LogP contribution >= 0.6 is 0 Å². The van der Waals surface area contributed by atoms with Gasteiger partial charge in [0.05, 0.1) is 5.60 Å². The van der Waals surface area contributed by atoms with Gasteiger partial charge in [0.25, 0.3) is 0 Å². The van der Waals surface area contributed by atoms with E-state index < -0.39 is 5.60 Å². The van der Waals surface area contributed by atoms with Crippen LogP contribution in [-0.4, -0.2) is 60.3 Å². The van der Waals surface area contributed by atoms with E-state index in [1.54, 1.807) is 0 Å². The van der Waals surface area contributed by atoms with Gasteiger partial charge in [0.15, 0.2) is 0 Å². The number of rotatable bonds is 6. The molecule has 156 valence electrons. The van der Waals surface area contributed by atoms with Crippen molar-refractivity contribution in [3.05, 3.63) is 60.2 Å². The van der Waals surface area contributed by atoms with Crippen molar-refractivity contribution in [2.75, 3.05) is 39.8 Å². The van der Waals surface area contributed by atoms with Crippen molar-refractivity contribution in [1.82, 2.24) is 9.80 Å². The summed E-state index contributed by atoms with van der Waals surface area (Å²) in [5.41, 5.74) is 0.636. The molecule has 1 saturated heterocycles. The Bertz CT molecular complexity index is 748. The van der Waals surface area contributed by atoms with E-state index in [1.165, 1.54) is 12.0 Å². The monoisotopic (exact) mass is 394 g/mol. The van der Waals surface area contributed by atoms with Crippen LogP contribution in [0.1, 0.15) is 43.6 Å². The Balaban J connectivity index is 1.52. The molecule has 1 aliphatic heterocycles. The zero-order valence-electron chi connectivity index (χ0n) is 17.6. The zero-order chi connectivity index (χ0) is 20.1. The standard InChI is InChI=1S/C25H34N2O2/c1-26-16-18-27(19-17-26)20-24(25(28)14-6-3-7-15-25)21-10-12-23(13-11-21)29-22-8-4-2-5-9-22/h2,4-5,8-13,24,28H,3,6-7,14-20H2,1H3. The average Bonchev–Trinajstić information content (AvgIpc) is 2.75. The summed E-state index contributed by atoms with van der Waals surface area (Å²) in [6.45, 7) is 5.31. The summed E-state index contributed by atoms with van der Waals surface area (Å²) >= 11 is 0. The predicted molar refractivity (Wildman–Crippen MR) is 118 cm³/mol. The highest BCUT2D eigenvalue weighted by Gasteiger charge is 2.39. The normalized spacial score (nSPS) is 21.6. The maximum Gasteiger partial charge on any atom is 0.127 e. The molecule has 4 nitrogen and oxygen atoms in total. The summed E-state index contributed by atoms with van der Waals surface area (Å²) < 4.78 is 5.97. The van der Waals surface area contributed by atoms with Crippen molar-refractivity contribution in [2.45, 2.75) is 43.6 Å². The molecule has 1 saturated carbocycles. The van der Waals surface area contributed by atoms with Crippen molar-refractivity contribution >= 4 is 0 Å². The van der Waals surface area contributed by atoms with Gasteiger partial charge in [-0.25, -0.2) is 0 Å². The van der Waals surface area contributed by atoms with Crippen LogP contribution < -0.4 is 4.74 Å². The van der Waals surface area contributed by atoms with Crippen LogP contribution in [0.25, 0.3) is 0 Å². The Kier molecular flexibility index (Phi) is 6.53. The van der Waals surface area contributed by atoms with E-state index in [9.17, 15) is 5.11 Å². The average molecular weight is 395 g/mol. The summed E-state index contributed by atoms with van der Waals surface area (Å²) in [5, 5.41) is 11.6. The lowest BCUT2D eigenvalue weighted by Crippen LogP contribution is -2.50. The number of para-hydroxylation sites is 1. The smallest absolute Gasteiger partial charge is 0.127 e. The Morgan fingerprint density at radius 3 is 2.14 bits per heavy atom. The SMILES string of the molecule is CN1CCN(CC(c2ccc(Oc3ccccc3)cc2)C2(O)CCCCC2)CC1. The van der Waals surface area contributed by atoms with Crippen LogP contribution in [-0.2, 0) is 0 Å². The third-order valence-corrected chi connectivity index (χ3v) is 6.67. The highest BCUT2D eigenvalue weighted by atomic mass is 16.5. The number of nitrogens with zero attached hydrogens (tertiary/aromatic N) is 2. The van der Waals surface area contributed by atoms with E-state index in [0.717, 1.165) is 69.9 Å². The molecule has 29 heavy (non-hydrogen) atoms. The van der Waals surface area contributed by atoms with Gasteiger partial charge in [-0.1, -0.05) is 49.6 Å².